The van der Waals surface area contributed by atoms with E-state index in [1.54, 1.807) is 12.4 Å². The fourth-order valence-electron chi connectivity index (χ4n) is 3.19. The number of thioether (sulfide) groups is 1. The quantitative estimate of drug-likeness (QED) is 0.403. The molecular weight excluding hydrogens is 430 g/mol. The van der Waals surface area contributed by atoms with Gasteiger partial charge in [0.25, 0.3) is 0 Å². The summed E-state index contributed by atoms with van der Waals surface area (Å²) in [6.07, 6.45) is 3.42. The zero-order valence-corrected chi connectivity index (χ0v) is 18.6. The number of hydrogen-bond acceptors (Lipinski definition) is 5. The summed E-state index contributed by atoms with van der Waals surface area (Å²) in [6.45, 7) is 3.96. The Labute approximate surface area is 189 Å². The highest BCUT2D eigenvalue weighted by atomic mass is 35.5. The molecule has 0 saturated carbocycles. The Morgan fingerprint density at radius 3 is 2.35 bits per heavy atom. The molecule has 0 atom stereocenters. The first kappa shape index (κ1) is 21.1. The van der Waals surface area contributed by atoms with Crippen molar-refractivity contribution in [3.05, 3.63) is 83.1 Å². The van der Waals surface area contributed by atoms with Gasteiger partial charge in [-0.1, -0.05) is 41.6 Å². The molecule has 1 N–H and O–H groups in total. The number of pyridine rings is 1. The molecule has 6 nitrogen and oxygen atoms in total. The summed E-state index contributed by atoms with van der Waals surface area (Å²) in [5.74, 6) is 0.774. The Morgan fingerprint density at radius 2 is 1.68 bits per heavy atom. The molecule has 4 aromatic rings. The van der Waals surface area contributed by atoms with Crippen LogP contribution in [0.3, 0.4) is 0 Å². The van der Waals surface area contributed by atoms with Crippen LogP contribution < -0.4 is 5.32 Å². The molecule has 8 heteroatoms. The first-order chi connectivity index (χ1) is 15.0. The lowest BCUT2D eigenvalue weighted by molar-refractivity contribution is -0.113. The van der Waals surface area contributed by atoms with E-state index in [0.29, 0.717) is 16.0 Å². The molecule has 2 aromatic heterocycles. The van der Waals surface area contributed by atoms with Gasteiger partial charge in [0.05, 0.1) is 5.75 Å². The molecule has 31 heavy (non-hydrogen) atoms. The minimum atomic E-state index is -0.0986. The number of hydrogen-bond donors (Lipinski definition) is 1. The summed E-state index contributed by atoms with van der Waals surface area (Å²) in [6, 6.07) is 17.1. The first-order valence-electron chi connectivity index (χ1n) is 9.63. The van der Waals surface area contributed by atoms with Gasteiger partial charge >= 0.3 is 0 Å². The predicted octanol–water partition coefficient (Wildman–Crippen LogP) is 5.33. The Bertz CT molecular complexity index is 1190. The van der Waals surface area contributed by atoms with Crippen LogP contribution in [0.2, 0.25) is 5.02 Å². The van der Waals surface area contributed by atoms with Crippen LogP contribution in [0.15, 0.2) is 72.1 Å². The van der Waals surface area contributed by atoms with Gasteiger partial charge in [0.2, 0.25) is 5.91 Å². The summed E-state index contributed by atoms with van der Waals surface area (Å²) in [5, 5.41) is 13.0. The summed E-state index contributed by atoms with van der Waals surface area (Å²) in [7, 11) is 0. The molecule has 0 saturated heterocycles. The number of nitrogens with one attached hydrogen (secondary N) is 1. The zero-order valence-electron chi connectivity index (χ0n) is 17.0. The van der Waals surface area contributed by atoms with Gasteiger partial charge in [-0.15, -0.1) is 10.2 Å². The summed E-state index contributed by atoms with van der Waals surface area (Å²) in [4.78, 5) is 16.7. The predicted molar refractivity (Wildman–Crippen MR) is 125 cm³/mol. The maximum absolute atomic E-state index is 12.6. The second-order valence-electron chi connectivity index (χ2n) is 6.96. The average Bonchev–Trinajstić information content (AvgIpc) is 3.20. The second-order valence-corrected chi connectivity index (χ2v) is 8.34. The summed E-state index contributed by atoms with van der Waals surface area (Å²) < 4.78 is 1.92. The maximum Gasteiger partial charge on any atom is 0.234 e. The minimum absolute atomic E-state index is 0.0986. The number of carbonyl (C=O) groups is 1. The Hall–Kier alpha value is -3.16. The van der Waals surface area contributed by atoms with Gasteiger partial charge in [0.1, 0.15) is 0 Å². The Balaban J connectivity index is 1.60. The van der Waals surface area contributed by atoms with Gasteiger partial charge in [-0.3, -0.25) is 14.3 Å². The van der Waals surface area contributed by atoms with Crippen LogP contribution in [0.5, 0.6) is 0 Å². The van der Waals surface area contributed by atoms with Crippen molar-refractivity contribution in [1.82, 2.24) is 19.7 Å². The van der Waals surface area contributed by atoms with Gasteiger partial charge < -0.3 is 5.32 Å². The lowest BCUT2D eigenvalue weighted by atomic mass is 10.1. The number of aromatic nitrogens is 4. The topological polar surface area (TPSA) is 72.7 Å². The van der Waals surface area contributed by atoms with Crippen LogP contribution in [0.1, 0.15) is 11.1 Å². The Morgan fingerprint density at radius 1 is 1.00 bits per heavy atom. The van der Waals surface area contributed by atoms with E-state index in [4.69, 9.17) is 11.6 Å². The van der Waals surface area contributed by atoms with E-state index in [-0.39, 0.29) is 11.7 Å². The molecule has 2 heterocycles. The van der Waals surface area contributed by atoms with Gasteiger partial charge in [0.15, 0.2) is 11.0 Å². The third kappa shape index (κ3) is 4.78. The largest absolute Gasteiger partial charge is 0.325 e. The molecule has 0 fully saturated rings. The fraction of sp³-hybridized carbons (Fsp3) is 0.130. The molecule has 0 bridgehead atoms. The number of carbonyl (C=O) groups excluding carboxylic acids is 1. The van der Waals surface area contributed by atoms with E-state index >= 15 is 0 Å². The molecule has 2 aromatic carbocycles. The summed E-state index contributed by atoms with van der Waals surface area (Å²) >= 11 is 7.40. The SMILES string of the molecule is Cc1cccc(C)c1NC(=O)CSc1nnc(-c2ccncc2)n1-c1ccc(Cl)cc1. The summed E-state index contributed by atoms with van der Waals surface area (Å²) in [5.41, 5.74) is 4.65. The third-order valence-electron chi connectivity index (χ3n) is 4.73. The molecule has 0 unspecified atom stereocenters. The van der Waals surface area contributed by atoms with Crippen molar-refractivity contribution in [1.29, 1.82) is 0 Å². The average molecular weight is 450 g/mol. The first-order valence-corrected chi connectivity index (χ1v) is 11.0. The lowest BCUT2D eigenvalue weighted by Gasteiger charge is -2.12. The highest BCUT2D eigenvalue weighted by Crippen LogP contribution is 2.29. The number of para-hydroxylation sites is 1. The van der Waals surface area contributed by atoms with Crippen molar-refractivity contribution >= 4 is 35.0 Å². The minimum Gasteiger partial charge on any atom is -0.325 e. The highest BCUT2D eigenvalue weighted by molar-refractivity contribution is 7.99. The van der Waals surface area contributed by atoms with Crippen molar-refractivity contribution in [2.45, 2.75) is 19.0 Å². The van der Waals surface area contributed by atoms with Crippen molar-refractivity contribution in [2.75, 3.05) is 11.1 Å². The van der Waals surface area contributed by atoms with E-state index in [1.165, 1.54) is 11.8 Å². The standard InChI is InChI=1S/C23H20ClN5OS/c1-15-4-3-5-16(2)21(15)26-20(30)14-31-23-28-27-22(17-10-12-25-13-11-17)29(23)19-8-6-18(24)7-9-19/h3-13H,14H2,1-2H3,(H,26,30). The number of amides is 1. The van der Waals surface area contributed by atoms with Gasteiger partial charge in [0, 0.05) is 34.4 Å². The smallest absolute Gasteiger partial charge is 0.234 e. The highest BCUT2D eigenvalue weighted by Gasteiger charge is 2.18. The molecular formula is C23H20ClN5OS. The molecule has 4 rings (SSSR count). The third-order valence-corrected chi connectivity index (χ3v) is 5.92. The normalized spacial score (nSPS) is 10.8. The maximum atomic E-state index is 12.6. The van der Waals surface area contributed by atoms with E-state index < -0.39 is 0 Å². The van der Waals surface area contributed by atoms with E-state index in [1.807, 2.05) is 73.0 Å². The van der Waals surface area contributed by atoms with Crippen LogP contribution in [0.4, 0.5) is 5.69 Å². The number of halogens is 1. The van der Waals surface area contributed by atoms with Crippen LogP contribution in [-0.2, 0) is 4.79 Å². The van der Waals surface area contributed by atoms with Crippen molar-refractivity contribution in [2.24, 2.45) is 0 Å². The molecule has 156 valence electrons. The molecule has 0 radical (unpaired) electrons. The van der Waals surface area contributed by atoms with Crippen LogP contribution in [0.25, 0.3) is 17.1 Å². The molecule has 0 aliphatic carbocycles. The van der Waals surface area contributed by atoms with Crippen molar-refractivity contribution in [3.63, 3.8) is 0 Å². The molecule has 1 amide bonds. The van der Waals surface area contributed by atoms with E-state index in [9.17, 15) is 4.79 Å². The van der Waals surface area contributed by atoms with Gasteiger partial charge in [-0.2, -0.15) is 0 Å². The van der Waals surface area contributed by atoms with Crippen molar-refractivity contribution in [3.8, 4) is 17.1 Å². The number of benzene rings is 2. The zero-order chi connectivity index (χ0) is 21.8. The Kier molecular flexibility index (Phi) is 6.34. The monoisotopic (exact) mass is 449 g/mol. The number of anilines is 1. The van der Waals surface area contributed by atoms with Crippen LogP contribution in [-0.4, -0.2) is 31.4 Å². The van der Waals surface area contributed by atoms with E-state index in [2.05, 4.69) is 20.5 Å². The molecule has 0 aliphatic heterocycles. The van der Waals surface area contributed by atoms with E-state index in [0.717, 1.165) is 28.1 Å². The number of nitrogens with zero attached hydrogens (tertiary/aromatic N) is 4. The van der Waals surface area contributed by atoms with Crippen molar-refractivity contribution < 1.29 is 4.79 Å². The van der Waals surface area contributed by atoms with Crippen LogP contribution in [0, 0.1) is 13.8 Å². The lowest BCUT2D eigenvalue weighted by Crippen LogP contribution is -2.16. The number of rotatable bonds is 6. The fourth-order valence-corrected chi connectivity index (χ4v) is 4.07. The van der Waals surface area contributed by atoms with Gasteiger partial charge in [-0.25, -0.2) is 0 Å². The molecule has 0 spiro atoms. The van der Waals surface area contributed by atoms with Crippen LogP contribution >= 0.6 is 23.4 Å². The molecule has 0 aliphatic rings. The number of aryl methyl sites for hydroxylation is 2. The second kappa shape index (κ2) is 9.32. The van der Waals surface area contributed by atoms with Gasteiger partial charge in [-0.05, 0) is 61.4 Å².